The third-order valence-electron chi connectivity index (χ3n) is 7.90. The first-order valence-electron chi connectivity index (χ1n) is 14.9. The Bertz CT molecular complexity index is 1460. The lowest BCUT2D eigenvalue weighted by atomic mass is 9.83. The van der Waals surface area contributed by atoms with E-state index in [0.717, 1.165) is 16.7 Å². The number of nitrogens with one attached hydrogen (secondary N) is 1. The number of hydroxylamine groups is 2. The average Bonchev–Trinajstić information content (AvgIpc) is 3.54. The molecule has 1 aliphatic heterocycles. The number of carbonyl (C=O) groups is 5. The summed E-state index contributed by atoms with van der Waals surface area (Å²) in [5.41, 5.74) is 0.529. The van der Waals surface area contributed by atoms with Crippen molar-refractivity contribution in [3.05, 3.63) is 108 Å². The molecule has 2 atom stereocenters. The van der Waals surface area contributed by atoms with Gasteiger partial charge in [0.1, 0.15) is 18.2 Å². The molecule has 3 aromatic carbocycles. The maximum absolute atomic E-state index is 14.8. The molecule has 0 aliphatic carbocycles. The minimum atomic E-state index is -1.83. The van der Waals surface area contributed by atoms with E-state index in [2.05, 4.69) is 5.32 Å². The third-order valence-corrected chi connectivity index (χ3v) is 7.90. The van der Waals surface area contributed by atoms with Gasteiger partial charge in [0.2, 0.25) is 5.91 Å². The summed E-state index contributed by atoms with van der Waals surface area (Å²) >= 11 is 0. The smallest absolute Gasteiger partial charge is 0.408 e. The molecule has 242 valence electrons. The highest BCUT2D eigenvalue weighted by Gasteiger charge is 2.49. The van der Waals surface area contributed by atoms with Crippen LogP contribution < -0.4 is 5.32 Å². The molecule has 12 heteroatoms. The maximum Gasteiger partial charge on any atom is 0.408 e. The molecule has 4 N–H and O–H groups in total. The molecular formula is C34H37N3O9. The fourth-order valence-corrected chi connectivity index (χ4v) is 5.66. The molecule has 4 rings (SSSR count). The van der Waals surface area contributed by atoms with Crippen molar-refractivity contribution in [2.45, 2.75) is 62.8 Å². The standard InChI is InChI=1S/C34H37N3O9/c38-29(39)19-18-28(31(41)42)37(45)30(40)27-17-10-20-36(27)32(43)34(21-24-11-4-1-5-12-24,22-25-13-6-2-7-14-25)35-33(44)46-23-26-15-8-3-9-16-26/h1-9,11-16,27-28,45H,10,17-23H2,(H,35,44)(H,38,39)(H,41,42)/t27-,28-/m0/s1. The summed E-state index contributed by atoms with van der Waals surface area (Å²) in [5.74, 6) is -4.54. The first-order chi connectivity index (χ1) is 22.1. The van der Waals surface area contributed by atoms with Gasteiger partial charge in [0.25, 0.3) is 5.91 Å². The zero-order valence-corrected chi connectivity index (χ0v) is 25.2. The number of carboxylic acids is 2. The van der Waals surface area contributed by atoms with Crippen LogP contribution in [0.15, 0.2) is 91.0 Å². The molecule has 1 heterocycles. The van der Waals surface area contributed by atoms with Crippen LogP contribution >= 0.6 is 0 Å². The van der Waals surface area contributed by atoms with E-state index in [-0.39, 0.29) is 37.5 Å². The van der Waals surface area contributed by atoms with Crippen molar-refractivity contribution in [2.75, 3.05) is 6.54 Å². The molecule has 1 fully saturated rings. The number of benzene rings is 3. The van der Waals surface area contributed by atoms with Crippen molar-refractivity contribution in [3.8, 4) is 0 Å². The first kappa shape index (κ1) is 33.7. The second-order valence-corrected chi connectivity index (χ2v) is 11.2. The summed E-state index contributed by atoms with van der Waals surface area (Å²) in [4.78, 5) is 65.9. The van der Waals surface area contributed by atoms with Crippen molar-refractivity contribution < 1.29 is 44.1 Å². The summed E-state index contributed by atoms with van der Waals surface area (Å²) in [6.45, 7) is 0.0485. The summed E-state index contributed by atoms with van der Waals surface area (Å²) in [6, 6.07) is 24.0. The highest BCUT2D eigenvalue weighted by Crippen LogP contribution is 2.29. The van der Waals surface area contributed by atoms with Gasteiger partial charge in [-0.25, -0.2) is 14.7 Å². The minimum Gasteiger partial charge on any atom is -0.481 e. The lowest BCUT2D eigenvalue weighted by Gasteiger charge is -2.39. The van der Waals surface area contributed by atoms with E-state index in [1.807, 2.05) is 42.5 Å². The lowest BCUT2D eigenvalue weighted by molar-refractivity contribution is -0.191. The molecule has 12 nitrogen and oxygen atoms in total. The number of hydrogen-bond acceptors (Lipinski definition) is 7. The van der Waals surface area contributed by atoms with Gasteiger partial charge in [0, 0.05) is 25.8 Å². The average molecular weight is 632 g/mol. The molecule has 0 unspecified atom stereocenters. The number of alkyl carbamates (subject to hydrolysis) is 1. The van der Waals surface area contributed by atoms with Gasteiger partial charge in [-0.3, -0.25) is 19.6 Å². The van der Waals surface area contributed by atoms with Crippen LogP contribution in [0.4, 0.5) is 4.79 Å². The largest absolute Gasteiger partial charge is 0.481 e. The molecule has 0 saturated carbocycles. The Labute approximate surface area is 266 Å². The van der Waals surface area contributed by atoms with Gasteiger partial charge >= 0.3 is 18.0 Å². The minimum absolute atomic E-state index is 0.0131. The van der Waals surface area contributed by atoms with Gasteiger partial charge in [-0.1, -0.05) is 91.0 Å². The number of rotatable bonds is 14. The number of ether oxygens (including phenoxy) is 1. The second-order valence-electron chi connectivity index (χ2n) is 11.2. The number of likely N-dealkylation sites (tertiary alicyclic amines) is 1. The number of nitrogens with zero attached hydrogens (tertiary/aromatic N) is 2. The zero-order chi connectivity index (χ0) is 33.1. The van der Waals surface area contributed by atoms with Crippen molar-refractivity contribution >= 4 is 29.8 Å². The van der Waals surface area contributed by atoms with Crippen LogP contribution in [0.25, 0.3) is 0 Å². The lowest BCUT2D eigenvalue weighted by Crippen LogP contribution is -2.64. The van der Waals surface area contributed by atoms with E-state index in [1.165, 1.54) is 4.90 Å². The first-order valence-corrected chi connectivity index (χ1v) is 14.9. The van der Waals surface area contributed by atoms with E-state index < -0.39 is 60.3 Å². The number of carboxylic acid groups (broad SMARTS) is 2. The van der Waals surface area contributed by atoms with Gasteiger partial charge in [-0.05, 0) is 36.0 Å². The fourth-order valence-electron chi connectivity index (χ4n) is 5.66. The number of hydrogen-bond donors (Lipinski definition) is 4. The highest BCUT2D eigenvalue weighted by atomic mass is 16.5. The molecule has 0 aromatic heterocycles. The summed E-state index contributed by atoms with van der Waals surface area (Å²) in [6.07, 6.45) is -1.44. The molecule has 46 heavy (non-hydrogen) atoms. The maximum atomic E-state index is 14.8. The van der Waals surface area contributed by atoms with Crippen molar-refractivity contribution in [2.24, 2.45) is 0 Å². The van der Waals surface area contributed by atoms with Crippen LogP contribution in [-0.2, 0) is 43.4 Å². The third kappa shape index (κ3) is 8.69. The van der Waals surface area contributed by atoms with Crippen LogP contribution in [0.3, 0.4) is 0 Å². The van der Waals surface area contributed by atoms with E-state index in [9.17, 15) is 34.3 Å². The molecule has 3 amide bonds. The summed E-state index contributed by atoms with van der Waals surface area (Å²) in [7, 11) is 0. The van der Waals surface area contributed by atoms with E-state index in [1.54, 1.807) is 48.5 Å². The van der Waals surface area contributed by atoms with E-state index in [0.29, 0.717) is 6.42 Å². The topological polar surface area (TPSA) is 174 Å². The number of carbonyl (C=O) groups excluding carboxylic acids is 3. The van der Waals surface area contributed by atoms with Crippen LogP contribution in [0, 0.1) is 0 Å². The predicted molar refractivity (Wildman–Crippen MR) is 164 cm³/mol. The molecule has 0 radical (unpaired) electrons. The van der Waals surface area contributed by atoms with Gasteiger partial charge in [-0.15, -0.1) is 0 Å². The number of amides is 3. The second kappa shape index (κ2) is 15.7. The normalized spacial score (nSPS) is 15.1. The molecule has 3 aromatic rings. The van der Waals surface area contributed by atoms with Crippen LogP contribution in [0.5, 0.6) is 0 Å². The Hall–Kier alpha value is -5.23. The van der Waals surface area contributed by atoms with Crippen molar-refractivity contribution in [3.63, 3.8) is 0 Å². The molecule has 0 bridgehead atoms. The van der Waals surface area contributed by atoms with Gasteiger partial charge in [0.05, 0.1) is 0 Å². The Balaban J connectivity index is 1.69. The molecule has 1 saturated heterocycles. The van der Waals surface area contributed by atoms with E-state index >= 15 is 0 Å². The van der Waals surface area contributed by atoms with Crippen LogP contribution in [-0.4, -0.2) is 79.4 Å². The van der Waals surface area contributed by atoms with Gasteiger partial charge in [0.15, 0.2) is 6.04 Å². The highest BCUT2D eigenvalue weighted by molar-refractivity contribution is 5.95. The molecule has 1 aliphatic rings. The van der Waals surface area contributed by atoms with Crippen LogP contribution in [0.1, 0.15) is 42.4 Å². The van der Waals surface area contributed by atoms with Gasteiger partial charge in [-0.2, -0.15) is 0 Å². The van der Waals surface area contributed by atoms with Crippen LogP contribution in [0.2, 0.25) is 0 Å². The van der Waals surface area contributed by atoms with Crippen molar-refractivity contribution in [1.82, 2.24) is 15.3 Å². The summed E-state index contributed by atoms with van der Waals surface area (Å²) in [5, 5.41) is 32.2. The van der Waals surface area contributed by atoms with Crippen molar-refractivity contribution in [1.29, 1.82) is 0 Å². The monoisotopic (exact) mass is 631 g/mol. The SMILES string of the molecule is O=C(O)CC[C@@H](C(=O)O)N(O)C(=O)[C@@H]1CCCN1C(=O)C(Cc1ccccc1)(Cc1ccccc1)NC(=O)OCc1ccccc1. The number of aliphatic carboxylic acids is 2. The Kier molecular flexibility index (Phi) is 11.5. The Morgan fingerprint density at radius 1 is 0.848 bits per heavy atom. The fraction of sp³-hybridized carbons (Fsp3) is 0.324. The quantitative estimate of drug-likeness (QED) is 0.153. The zero-order valence-electron chi connectivity index (χ0n) is 25.2. The van der Waals surface area contributed by atoms with Gasteiger partial charge < -0.3 is 25.2 Å². The molecule has 0 spiro atoms. The summed E-state index contributed by atoms with van der Waals surface area (Å²) < 4.78 is 5.54. The predicted octanol–water partition coefficient (Wildman–Crippen LogP) is 3.66. The molecular weight excluding hydrogens is 594 g/mol. The van der Waals surface area contributed by atoms with E-state index in [4.69, 9.17) is 9.84 Å². The Morgan fingerprint density at radius 3 is 1.87 bits per heavy atom. The Morgan fingerprint density at radius 2 is 1.37 bits per heavy atom.